The first-order chi connectivity index (χ1) is 16.8. The van der Waals surface area contributed by atoms with E-state index in [1.54, 1.807) is 36.4 Å². The maximum absolute atomic E-state index is 13.3. The summed E-state index contributed by atoms with van der Waals surface area (Å²) in [7, 11) is 0. The first-order valence-corrected chi connectivity index (χ1v) is 12.1. The molecule has 0 atom stereocenters. The number of halogens is 3. The molecule has 1 aliphatic rings. The molecule has 5 rings (SSSR count). The van der Waals surface area contributed by atoms with Crippen LogP contribution in [-0.2, 0) is 16.1 Å². The lowest BCUT2D eigenvalue weighted by Crippen LogP contribution is -2.54. The Bertz CT molecular complexity index is 1540. The number of nitrogens with zero attached hydrogens (tertiary/aromatic N) is 2. The first kappa shape index (κ1) is 23.4. The summed E-state index contributed by atoms with van der Waals surface area (Å²) in [6.07, 6.45) is 3.38. The molecule has 1 aliphatic heterocycles. The molecule has 0 aliphatic carbocycles. The summed E-state index contributed by atoms with van der Waals surface area (Å²) in [6.45, 7) is 0.504. The number of urea groups is 1. The number of carbonyl (C=O) groups excluding carboxylic acids is 3. The first-order valence-electron chi connectivity index (χ1n) is 10.5. The van der Waals surface area contributed by atoms with Gasteiger partial charge in [0.15, 0.2) is 0 Å². The van der Waals surface area contributed by atoms with E-state index in [-0.39, 0.29) is 5.57 Å². The summed E-state index contributed by atoms with van der Waals surface area (Å²) >= 11 is 15.6. The predicted molar refractivity (Wildman–Crippen MR) is 141 cm³/mol. The molecular formula is C26H16BrCl2N3O3. The largest absolute Gasteiger partial charge is 0.342 e. The average Bonchev–Trinajstić information content (AvgIpc) is 3.17. The van der Waals surface area contributed by atoms with E-state index in [4.69, 9.17) is 23.2 Å². The van der Waals surface area contributed by atoms with Crippen molar-refractivity contribution < 1.29 is 14.4 Å². The van der Waals surface area contributed by atoms with E-state index in [0.29, 0.717) is 27.8 Å². The molecule has 0 radical (unpaired) electrons. The van der Waals surface area contributed by atoms with Crippen LogP contribution >= 0.6 is 39.1 Å². The van der Waals surface area contributed by atoms with E-state index >= 15 is 0 Å². The number of fused-ring (bicyclic) bond motifs is 1. The SMILES string of the molecule is O=C1NC(=O)N(c2ccc(Br)cc2)C(=O)/C1=C/c1cn(Cc2ccc(Cl)c(Cl)c2)c2ccccc12. The minimum Gasteiger partial charge on any atom is -0.342 e. The van der Waals surface area contributed by atoms with Crippen LogP contribution in [0.2, 0.25) is 10.0 Å². The topological polar surface area (TPSA) is 71.4 Å². The molecule has 9 heteroatoms. The second-order valence-corrected chi connectivity index (χ2v) is 9.64. The van der Waals surface area contributed by atoms with Crippen molar-refractivity contribution in [2.45, 2.75) is 6.54 Å². The number of imide groups is 2. The Hall–Kier alpha value is -3.39. The van der Waals surface area contributed by atoms with Crippen LogP contribution in [0.4, 0.5) is 10.5 Å². The zero-order valence-electron chi connectivity index (χ0n) is 18.0. The van der Waals surface area contributed by atoms with Gasteiger partial charge in [-0.05, 0) is 54.1 Å². The molecule has 4 amide bonds. The van der Waals surface area contributed by atoms with Crippen LogP contribution in [0.5, 0.6) is 0 Å². The maximum atomic E-state index is 13.3. The molecule has 1 saturated heterocycles. The molecule has 1 aromatic heterocycles. The monoisotopic (exact) mass is 567 g/mol. The van der Waals surface area contributed by atoms with Crippen LogP contribution in [0.25, 0.3) is 17.0 Å². The van der Waals surface area contributed by atoms with Gasteiger partial charge in [-0.25, -0.2) is 9.69 Å². The van der Waals surface area contributed by atoms with Gasteiger partial charge in [0, 0.05) is 33.7 Å². The molecule has 0 bridgehead atoms. The van der Waals surface area contributed by atoms with E-state index in [1.807, 2.05) is 41.1 Å². The Labute approximate surface area is 218 Å². The lowest BCUT2D eigenvalue weighted by atomic mass is 10.1. The standard InChI is InChI=1S/C26H16BrCl2N3O3/c27-17-6-8-18(9-7-17)32-25(34)20(24(33)30-26(32)35)12-16-14-31(23-4-2-1-3-19(16)23)13-15-5-10-21(28)22(29)11-15/h1-12,14H,13H2,(H,30,33,35)/b20-12+. The summed E-state index contributed by atoms with van der Waals surface area (Å²) in [5.41, 5.74) is 2.75. The molecule has 4 aromatic rings. The van der Waals surface area contributed by atoms with Gasteiger partial charge in [-0.3, -0.25) is 14.9 Å². The number of nitrogens with one attached hydrogen (secondary N) is 1. The number of hydrogen-bond donors (Lipinski definition) is 1. The van der Waals surface area contributed by atoms with Gasteiger partial charge < -0.3 is 4.57 Å². The third kappa shape index (κ3) is 4.50. The maximum Gasteiger partial charge on any atom is 0.335 e. The number of carbonyl (C=O) groups is 3. The Morgan fingerprint density at radius 2 is 1.66 bits per heavy atom. The van der Waals surface area contributed by atoms with Gasteiger partial charge in [-0.1, -0.05) is 63.4 Å². The van der Waals surface area contributed by atoms with Gasteiger partial charge in [0.25, 0.3) is 11.8 Å². The summed E-state index contributed by atoms with van der Waals surface area (Å²) in [4.78, 5) is 39.4. The number of rotatable bonds is 4. The van der Waals surface area contributed by atoms with Gasteiger partial charge in [0.05, 0.1) is 15.7 Å². The quantitative estimate of drug-likeness (QED) is 0.228. The molecule has 174 valence electrons. The van der Waals surface area contributed by atoms with Crippen molar-refractivity contribution in [3.05, 3.63) is 104 Å². The second-order valence-electron chi connectivity index (χ2n) is 7.91. The fraction of sp³-hybridized carbons (Fsp3) is 0.0385. The van der Waals surface area contributed by atoms with E-state index in [9.17, 15) is 14.4 Å². The van der Waals surface area contributed by atoms with Gasteiger partial charge in [0.2, 0.25) is 0 Å². The van der Waals surface area contributed by atoms with E-state index in [0.717, 1.165) is 25.8 Å². The number of amides is 4. The van der Waals surface area contributed by atoms with Gasteiger partial charge in [-0.15, -0.1) is 0 Å². The van der Waals surface area contributed by atoms with E-state index < -0.39 is 17.8 Å². The van der Waals surface area contributed by atoms with Crippen molar-refractivity contribution in [3.8, 4) is 0 Å². The summed E-state index contributed by atoms with van der Waals surface area (Å²) < 4.78 is 2.80. The van der Waals surface area contributed by atoms with Crippen molar-refractivity contribution in [1.29, 1.82) is 0 Å². The predicted octanol–water partition coefficient (Wildman–Crippen LogP) is 6.43. The molecular weight excluding hydrogens is 553 g/mol. The summed E-state index contributed by atoms with van der Waals surface area (Å²) in [5.74, 6) is -1.43. The molecule has 0 saturated carbocycles. The lowest BCUT2D eigenvalue weighted by Gasteiger charge is -2.26. The van der Waals surface area contributed by atoms with Crippen molar-refractivity contribution in [2.75, 3.05) is 4.90 Å². The van der Waals surface area contributed by atoms with Crippen molar-refractivity contribution >= 4 is 79.6 Å². The molecule has 3 aromatic carbocycles. The molecule has 6 nitrogen and oxygen atoms in total. The zero-order valence-corrected chi connectivity index (χ0v) is 21.1. The smallest absolute Gasteiger partial charge is 0.335 e. The lowest BCUT2D eigenvalue weighted by molar-refractivity contribution is -0.122. The molecule has 2 heterocycles. The molecule has 0 unspecified atom stereocenters. The van der Waals surface area contributed by atoms with Crippen LogP contribution in [0.1, 0.15) is 11.1 Å². The fourth-order valence-corrected chi connectivity index (χ4v) is 4.58. The molecule has 35 heavy (non-hydrogen) atoms. The molecule has 1 N–H and O–H groups in total. The van der Waals surface area contributed by atoms with Gasteiger partial charge in [-0.2, -0.15) is 0 Å². The highest BCUT2D eigenvalue weighted by Crippen LogP contribution is 2.29. The third-order valence-electron chi connectivity index (χ3n) is 5.64. The normalized spacial score (nSPS) is 15.2. The Kier molecular flexibility index (Phi) is 6.23. The number of aromatic nitrogens is 1. The van der Waals surface area contributed by atoms with Crippen LogP contribution < -0.4 is 10.2 Å². The fourth-order valence-electron chi connectivity index (χ4n) is 3.99. The van der Waals surface area contributed by atoms with E-state index in [2.05, 4.69) is 21.2 Å². The summed E-state index contributed by atoms with van der Waals surface area (Å²) in [6, 6.07) is 19.0. The van der Waals surface area contributed by atoms with Crippen LogP contribution in [0, 0.1) is 0 Å². The summed E-state index contributed by atoms with van der Waals surface area (Å²) in [5, 5.41) is 4.06. The second kappa shape index (κ2) is 9.34. The Morgan fingerprint density at radius 3 is 2.40 bits per heavy atom. The number of benzene rings is 3. The van der Waals surface area contributed by atoms with Crippen molar-refractivity contribution in [2.24, 2.45) is 0 Å². The minimum absolute atomic E-state index is 0.134. The highest BCUT2D eigenvalue weighted by molar-refractivity contribution is 9.10. The van der Waals surface area contributed by atoms with Gasteiger partial charge in [0.1, 0.15) is 5.57 Å². The van der Waals surface area contributed by atoms with Gasteiger partial charge >= 0.3 is 6.03 Å². The number of barbiturate groups is 1. The Balaban J connectivity index is 1.56. The van der Waals surface area contributed by atoms with Crippen LogP contribution in [0.3, 0.4) is 0 Å². The molecule has 1 fully saturated rings. The third-order valence-corrected chi connectivity index (χ3v) is 6.91. The van der Waals surface area contributed by atoms with Crippen molar-refractivity contribution in [1.82, 2.24) is 9.88 Å². The van der Waals surface area contributed by atoms with E-state index in [1.165, 1.54) is 6.08 Å². The number of hydrogen-bond acceptors (Lipinski definition) is 3. The van der Waals surface area contributed by atoms with Crippen molar-refractivity contribution in [3.63, 3.8) is 0 Å². The Morgan fingerprint density at radius 1 is 0.914 bits per heavy atom. The minimum atomic E-state index is -0.790. The average molecular weight is 569 g/mol. The zero-order chi connectivity index (χ0) is 24.7. The highest BCUT2D eigenvalue weighted by atomic mass is 79.9. The van der Waals surface area contributed by atoms with Crippen LogP contribution in [-0.4, -0.2) is 22.4 Å². The number of para-hydroxylation sites is 1. The number of anilines is 1. The van der Waals surface area contributed by atoms with Crippen LogP contribution in [0.15, 0.2) is 83.0 Å². The molecule has 0 spiro atoms. The highest BCUT2D eigenvalue weighted by Gasteiger charge is 2.37.